The van der Waals surface area contributed by atoms with Gasteiger partial charge in [-0.1, -0.05) is 67.1 Å². The van der Waals surface area contributed by atoms with Crippen LogP contribution in [0.4, 0.5) is 0 Å². The lowest BCUT2D eigenvalue weighted by Crippen LogP contribution is -2.50. The van der Waals surface area contributed by atoms with Crippen LogP contribution in [0.3, 0.4) is 0 Å². The molecule has 1 N–H and O–H groups in total. The summed E-state index contributed by atoms with van der Waals surface area (Å²) < 4.78 is 0. The zero-order valence-corrected chi connectivity index (χ0v) is 17.4. The number of rotatable bonds is 9. The van der Waals surface area contributed by atoms with Gasteiger partial charge < -0.3 is 10.2 Å². The maximum atomic E-state index is 13.1. The van der Waals surface area contributed by atoms with E-state index >= 15 is 0 Å². The van der Waals surface area contributed by atoms with Crippen LogP contribution in [0.1, 0.15) is 50.3 Å². The number of nitrogens with zero attached hydrogens (tertiary/aromatic N) is 1. The van der Waals surface area contributed by atoms with E-state index in [-0.39, 0.29) is 17.9 Å². The molecule has 0 heterocycles. The number of hydrogen-bond donors (Lipinski definition) is 1. The molecule has 4 heteroatoms. The molecule has 0 aromatic heterocycles. The fraction of sp³-hybridized carbons (Fsp3) is 0.417. The maximum Gasteiger partial charge on any atom is 0.243 e. The normalized spacial score (nSPS) is 11.9. The van der Waals surface area contributed by atoms with Gasteiger partial charge in [0.1, 0.15) is 6.04 Å². The van der Waals surface area contributed by atoms with Crippen LogP contribution in [0.2, 0.25) is 0 Å². The summed E-state index contributed by atoms with van der Waals surface area (Å²) in [4.78, 5) is 27.6. The van der Waals surface area contributed by atoms with Gasteiger partial charge in [0.2, 0.25) is 11.8 Å². The highest BCUT2D eigenvalue weighted by molar-refractivity contribution is 5.87. The molecule has 2 aromatic carbocycles. The van der Waals surface area contributed by atoms with E-state index in [2.05, 4.69) is 36.5 Å². The number of amides is 2. The molecule has 2 amide bonds. The molecule has 150 valence electrons. The van der Waals surface area contributed by atoms with Crippen LogP contribution >= 0.6 is 0 Å². The van der Waals surface area contributed by atoms with Gasteiger partial charge in [-0.2, -0.15) is 0 Å². The molecule has 2 aromatic rings. The van der Waals surface area contributed by atoms with E-state index in [9.17, 15) is 9.59 Å². The number of hydrogen-bond acceptors (Lipinski definition) is 2. The number of carbonyl (C=O) groups excluding carboxylic acids is 2. The van der Waals surface area contributed by atoms with Crippen molar-refractivity contribution in [2.45, 2.75) is 65.6 Å². The second-order valence-corrected chi connectivity index (χ2v) is 7.58. The Bertz CT molecular complexity index is 754. The van der Waals surface area contributed by atoms with Gasteiger partial charge >= 0.3 is 0 Å². The SMILES string of the molecule is CC[C@H](C(=O)NC(C)C)N(Cc1ccccc1)C(=O)CCc1ccc(C)cc1. The van der Waals surface area contributed by atoms with Crippen molar-refractivity contribution in [2.24, 2.45) is 0 Å². The first-order chi connectivity index (χ1) is 13.4. The molecule has 0 bridgehead atoms. The molecule has 1 atom stereocenters. The van der Waals surface area contributed by atoms with Crippen LogP contribution in [0.15, 0.2) is 54.6 Å². The predicted molar refractivity (Wildman–Crippen MR) is 114 cm³/mol. The fourth-order valence-corrected chi connectivity index (χ4v) is 3.23. The van der Waals surface area contributed by atoms with Crippen LogP contribution < -0.4 is 5.32 Å². The van der Waals surface area contributed by atoms with E-state index < -0.39 is 6.04 Å². The van der Waals surface area contributed by atoms with Gasteiger partial charge in [0.25, 0.3) is 0 Å². The Labute approximate surface area is 169 Å². The number of benzene rings is 2. The van der Waals surface area contributed by atoms with Gasteiger partial charge in [0.05, 0.1) is 0 Å². The fourth-order valence-electron chi connectivity index (χ4n) is 3.23. The molecule has 0 saturated heterocycles. The minimum Gasteiger partial charge on any atom is -0.352 e. The van der Waals surface area contributed by atoms with Crippen LogP contribution in [0.25, 0.3) is 0 Å². The van der Waals surface area contributed by atoms with E-state index in [1.54, 1.807) is 4.90 Å². The summed E-state index contributed by atoms with van der Waals surface area (Å²) in [7, 11) is 0. The summed E-state index contributed by atoms with van der Waals surface area (Å²) in [6.45, 7) is 8.32. The highest BCUT2D eigenvalue weighted by Gasteiger charge is 2.28. The van der Waals surface area contributed by atoms with Gasteiger partial charge in [0, 0.05) is 19.0 Å². The molecule has 0 aliphatic heterocycles. The highest BCUT2D eigenvalue weighted by Crippen LogP contribution is 2.15. The Morgan fingerprint density at radius 3 is 2.18 bits per heavy atom. The quantitative estimate of drug-likeness (QED) is 0.707. The van der Waals surface area contributed by atoms with Crippen molar-refractivity contribution in [1.82, 2.24) is 10.2 Å². The maximum absolute atomic E-state index is 13.1. The largest absolute Gasteiger partial charge is 0.352 e. The average molecular weight is 381 g/mol. The Balaban J connectivity index is 2.16. The van der Waals surface area contributed by atoms with Gasteiger partial charge in [-0.05, 0) is 44.7 Å². The van der Waals surface area contributed by atoms with Gasteiger partial charge in [-0.3, -0.25) is 9.59 Å². The van der Waals surface area contributed by atoms with Crippen molar-refractivity contribution in [3.8, 4) is 0 Å². The molecule has 4 nitrogen and oxygen atoms in total. The average Bonchev–Trinajstić information content (AvgIpc) is 2.67. The highest BCUT2D eigenvalue weighted by atomic mass is 16.2. The monoisotopic (exact) mass is 380 g/mol. The molecule has 0 aliphatic carbocycles. The van der Waals surface area contributed by atoms with E-state index in [1.165, 1.54) is 5.56 Å². The minimum absolute atomic E-state index is 0.00943. The first-order valence-corrected chi connectivity index (χ1v) is 10.1. The van der Waals surface area contributed by atoms with Crippen molar-refractivity contribution in [1.29, 1.82) is 0 Å². The topological polar surface area (TPSA) is 49.4 Å². The summed E-state index contributed by atoms with van der Waals surface area (Å²) in [5.74, 6) is -0.0766. The second-order valence-electron chi connectivity index (χ2n) is 7.58. The molecule has 0 unspecified atom stereocenters. The van der Waals surface area contributed by atoms with Crippen molar-refractivity contribution >= 4 is 11.8 Å². The molecule has 28 heavy (non-hydrogen) atoms. The minimum atomic E-state index is -0.465. The summed E-state index contributed by atoms with van der Waals surface area (Å²) in [6, 6.07) is 17.7. The number of aryl methyl sites for hydroxylation is 2. The third kappa shape index (κ3) is 6.52. The van der Waals surface area contributed by atoms with E-state index in [0.29, 0.717) is 25.8 Å². The lowest BCUT2D eigenvalue weighted by molar-refractivity contribution is -0.141. The van der Waals surface area contributed by atoms with Crippen LogP contribution in [0.5, 0.6) is 0 Å². The zero-order valence-electron chi connectivity index (χ0n) is 17.4. The van der Waals surface area contributed by atoms with Gasteiger partial charge in [-0.15, -0.1) is 0 Å². The van der Waals surface area contributed by atoms with Gasteiger partial charge in [0.15, 0.2) is 0 Å². The Hall–Kier alpha value is -2.62. The van der Waals surface area contributed by atoms with Crippen molar-refractivity contribution < 1.29 is 9.59 Å². The molecule has 2 rings (SSSR count). The van der Waals surface area contributed by atoms with Crippen molar-refractivity contribution in [2.75, 3.05) is 0 Å². The Morgan fingerprint density at radius 2 is 1.61 bits per heavy atom. The first-order valence-electron chi connectivity index (χ1n) is 10.1. The Kier molecular flexibility index (Phi) is 8.24. The van der Waals surface area contributed by atoms with E-state index in [1.807, 2.05) is 51.1 Å². The predicted octanol–water partition coefficient (Wildman–Crippen LogP) is 4.26. The third-order valence-electron chi connectivity index (χ3n) is 4.76. The third-order valence-corrected chi connectivity index (χ3v) is 4.76. The second kappa shape index (κ2) is 10.6. The van der Waals surface area contributed by atoms with Crippen LogP contribution in [0, 0.1) is 6.92 Å². The molecule has 0 aliphatic rings. The van der Waals surface area contributed by atoms with E-state index in [4.69, 9.17) is 0 Å². The first kappa shape index (κ1) is 21.7. The molecular weight excluding hydrogens is 348 g/mol. The molecule has 0 radical (unpaired) electrons. The summed E-state index contributed by atoms with van der Waals surface area (Å²) in [5.41, 5.74) is 3.37. The molecule has 0 saturated carbocycles. The van der Waals surface area contributed by atoms with Crippen molar-refractivity contribution in [3.63, 3.8) is 0 Å². The number of carbonyl (C=O) groups is 2. The standard InChI is InChI=1S/C24H32N2O2/c1-5-22(24(28)25-18(2)3)26(17-21-9-7-6-8-10-21)23(27)16-15-20-13-11-19(4)12-14-20/h6-14,18,22H,5,15-17H2,1-4H3,(H,25,28)/t22-/m1/s1. The van der Waals surface area contributed by atoms with Crippen LogP contribution in [-0.2, 0) is 22.6 Å². The zero-order chi connectivity index (χ0) is 20.5. The molecule has 0 fully saturated rings. The summed E-state index contributed by atoms with van der Waals surface area (Å²) in [6.07, 6.45) is 1.65. The van der Waals surface area contributed by atoms with Gasteiger partial charge in [-0.25, -0.2) is 0 Å². The lowest BCUT2D eigenvalue weighted by atomic mass is 10.0. The number of nitrogens with one attached hydrogen (secondary N) is 1. The van der Waals surface area contributed by atoms with Crippen LogP contribution in [-0.4, -0.2) is 28.8 Å². The van der Waals surface area contributed by atoms with E-state index in [0.717, 1.165) is 11.1 Å². The smallest absolute Gasteiger partial charge is 0.243 e. The molecule has 0 spiro atoms. The van der Waals surface area contributed by atoms with Crippen molar-refractivity contribution in [3.05, 3.63) is 71.3 Å². The lowest BCUT2D eigenvalue weighted by Gasteiger charge is -2.31. The molecular formula is C24H32N2O2. The Morgan fingerprint density at radius 1 is 0.964 bits per heavy atom. The summed E-state index contributed by atoms with van der Waals surface area (Å²) in [5, 5.41) is 2.96. The summed E-state index contributed by atoms with van der Waals surface area (Å²) >= 11 is 0.